The smallest absolute Gasteiger partial charge is 0.221 e. The second-order valence-electron chi connectivity index (χ2n) is 5.43. The van der Waals surface area contributed by atoms with Crippen LogP contribution in [-0.2, 0) is 4.79 Å². The number of nitrogens with one attached hydrogen (secondary N) is 2. The predicted molar refractivity (Wildman–Crippen MR) is 84.1 cm³/mol. The molecule has 4 heteroatoms. The van der Waals surface area contributed by atoms with Crippen LogP contribution in [0.3, 0.4) is 0 Å². The lowest BCUT2D eigenvalue weighted by molar-refractivity contribution is -0.114. The Hall–Kier alpha value is -1.55. The number of amides is 1. The molecule has 112 valence electrons. The highest BCUT2D eigenvalue weighted by Gasteiger charge is 2.25. The summed E-state index contributed by atoms with van der Waals surface area (Å²) in [6.07, 6.45) is 1.86. The van der Waals surface area contributed by atoms with Gasteiger partial charge in [0, 0.05) is 30.3 Å². The molecule has 0 atom stereocenters. The van der Waals surface area contributed by atoms with E-state index in [0.29, 0.717) is 0 Å². The van der Waals surface area contributed by atoms with Crippen molar-refractivity contribution in [1.29, 1.82) is 0 Å². The second-order valence-corrected chi connectivity index (χ2v) is 5.43. The van der Waals surface area contributed by atoms with Gasteiger partial charge in [-0.1, -0.05) is 19.9 Å². The molecule has 1 rings (SSSR count). The van der Waals surface area contributed by atoms with Crippen LogP contribution in [0.5, 0.6) is 0 Å². The Kier molecular flexibility index (Phi) is 6.02. The van der Waals surface area contributed by atoms with E-state index in [-0.39, 0.29) is 17.9 Å². The topological polar surface area (TPSA) is 61.4 Å². The van der Waals surface area contributed by atoms with Crippen molar-refractivity contribution in [1.82, 2.24) is 0 Å². The molecule has 0 unspecified atom stereocenters. The number of aliphatic hydroxyl groups excluding tert-OH is 1. The van der Waals surface area contributed by atoms with Gasteiger partial charge in [-0.15, -0.1) is 0 Å². The maximum absolute atomic E-state index is 11.1. The number of hydrogen-bond acceptors (Lipinski definition) is 3. The van der Waals surface area contributed by atoms with Gasteiger partial charge in [-0.3, -0.25) is 4.79 Å². The molecular weight excluding hydrogens is 252 g/mol. The van der Waals surface area contributed by atoms with E-state index in [2.05, 4.69) is 24.5 Å². The third-order valence-electron chi connectivity index (χ3n) is 4.05. The van der Waals surface area contributed by atoms with Crippen molar-refractivity contribution in [3.63, 3.8) is 0 Å². The molecule has 0 aliphatic carbocycles. The summed E-state index contributed by atoms with van der Waals surface area (Å²) in [5, 5.41) is 15.8. The highest BCUT2D eigenvalue weighted by Crippen LogP contribution is 2.28. The average Bonchev–Trinajstić information content (AvgIpc) is 2.43. The summed E-state index contributed by atoms with van der Waals surface area (Å²) >= 11 is 0. The van der Waals surface area contributed by atoms with Crippen molar-refractivity contribution in [2.75, 3.05) is 23.8 Å². The number of aliphatic hydroxyl groups is 1. The average molecular weight is 278 g/mol. The summed E-state index contributed by atoms with van der Waals surface area (Å²) in [6, 6.07) is 5.80. The molecule has 1 amide bonds. The van der Waals surface area contributed by atoms with Crippen LogP contribution in [0.2, 0.25) is 0 Å². The van der Waals surface area contributed by atoms with Crippen LogP contribution in [0.15, 0.2) is 18.2 Å². The van der Waals surface area contributed by atoms with Crippen molar-refractivity contribution >= 4 is 17.3 Å². The minimum Gasteiger partial charge on any atom is -0.396 e. The van der Waals surface area contributed by atoms with E-state index in [9.17, 15) is 9.90 Å². The molecule has 0 aromatic heterocycles. The lowest BCUT2D eigenvalue weighted by Crippen LogP contribution is -2.32. The highest BCUT2D eigenvalue weighted by molar-refractivity contribution is 5.89. The maximum atomic E-state index is 11.1. The fraction of sp³-hybridized carbons (Fsp3) is 0.562. The maximum Gasteiger partial charge on any atom is 0.221 e. The van der Waals surface area contributed by atoms with Crippen LogP contribution in [-0.4, -0.2) is 24.2 Å². The Bertz CT molecular complexity index is 446. The van der Waals surface area contributed by atoms with Gasteiger partial charge in [0.05, 0.1) is 6.61 Å². The van der Waals surface area contributed by atoms with Crippen LogP contribution in [0.1, 0.15) is 39.2 Å². The number of aryl methyl sites for hydroxylation is 1. The van der Waals surface area contributed by atoms with E-state index < -0.39 is 0 Å². The van der Waals surface area contributed by atoms with Gasteiger partial charge in [0.15, 0.2) is 0 Å². The van der Waals surface area contributed by atoms with E-state index in [1.54, 1.807) is 0 Å². The number of carbonyl (C=O) groups is 1. The lowest BCUT2D eigenvalue weighted by atomic mass is 9.83. The first-order valence-electron chi connectivity index (χ1n) is 7.19. The SMILES string of the molecule is CCC(CC)(CO)CNc1cc(NC(C)=O)ccc1C. The molecule has 4 nitrogen and oxygen atoms in total. The van der Waals surface area contributed by atoms with E-state index in [4.69, 9.17) is 0 Å². The molecule has 0 fully saturated rings. The summed E-state index contributed by atoms with van der Waals surface area (Å²) in [4.78, 5) is 11.1. The molecule has 0 saturated heterocycles. The fourth-order valence-electron chi connectivity index (χ4n) is 2.16. The van der Waals surface area contributed by atoms with E-state index in [1.165, 1.54) is 6.92 Å². The summed E-state index contributed by atoms with van der Waals surface area (Å²) in [5.41, 5.74) is 2.82. The predicted octanol–water partition coefficient (Wildman–Crippen LogP) is 3.16. The number of rotatable bonds is 7. The molecule has 0 aliphatic rings. The Morgan fingerprint density at radius 2 is 1.95 bits per heavy atom. The van der Waals surface area contributed by atoms with Crippen molar-refractivity contribution in [3.05, 3.63) is 23.8 Å². The van der Waals surface area contributed by atoms with Crippen LogP contribution >= 0.6 is 0 Å². The van der Waals surface area contributed by atoms with Gasteiger partial charge in [-0.2, -0.15) is 0 Å². The molecule has 3 N–H and O–H groups in total. The lowest BCUT2D eigenvalue weighted by Gasteiger charge is -2.30. The molecule has 0 radical (unpaired) electrons. The first-order chi connectivity index (χ1) is 9.46. The second kappa shape index (κ2) is 7.29. The minimum atomic E-state index is -0.0869. The van der Waals surface area contributed by atoms with Gasteiger partial charge >= 0.3 is 0 Å². The van der Waals surface area contributed by atoms with Crippen LogP contribution in [0.4, 0.5) is 11.4 Å². The Labute approximate surface area is 121 Å². The standard InChI is InChI=1S/C16H26N2O2/c1-5-16(6-2,11-19)10-17-15-9-14(18-13(4)20)8-7-12(15)3/h7-9,17,19H,5-6,10-11H2,1-4H3,(H,18,20). The Morgan fingerprint density at radius 3 is 2.45 bits per heavy atom. The number of hydrogen-bond donors (Lipinski definition) is 3. The van der Waals surface area contributed by atoms with Crippen molar-refractivity contribution < 1.29 is 9.90 Å². The molecule has 0 heterocycles. The Balaban J connectivity index is 2.83. The van der Waals surface area contributed by atoms with Crippen molar-refractivity contribution in [2.24, 2.45) is 5.41 Å². The van der Waals surface area contributed by atoms with Gasteiger partial charge in [0.25, 0.3) is 0 Å². The van der Waals surface area contributed by atoms with Crippen LogP contribution in [0.25, 0.3) is 0 Å². The molecule has 0 spiro atoms. The summed E-state index contributed by atoms with van der Waals surface area (Å²) in [7, 11) is 0. The van der Waals surface area contributed by atoms with Crippen molar-refractivity contribution in [2.45, 2.75) is 40.5 Å². The highest BCUT2D eigenvalue weighted by atomic mass is 16.3. The monoisotopic (exact) mass is 278 g/mol. The number of anilines is 2. The third-order valence-corrected chi connectivity index (χ3v) is 4.05. The Morgan fingerprint density at radius 1 is 1.30 bits per heavy atom. The van der Waals surface area contributed by atoms with Gasteiger partial charge in [-0.25, -0.2) is 0 Å². The summed E-state index contributed by atoms with van der Waals surface area (Å²) < 4.78 is 0. The first kappa shape index (κ1) is 16.5. The van der Waals surface area contributed by atoms with E-state index >= 15 is 0 Å². The fourth-order valence-corrected chi connectivity index (χ4v) is 2.16. The summed E-state index contributed by atoms with van der Waals surface area (Å²) in [5.74, 6) is -0.0772. The van der Waals surface area contributed by atoms with E-state index in [0.717, 1.165) is 36.3 Å². The van der Waals surface area contributed by atoms with Crippen molar-refractivity contribution in [3.8, 4) is 0 Å². The molecule has 0 aliphatic heterocycles. The molecule has 0 bridgehead atoms. The van der Waals surface area contributed by atoms with Gasteiger partial charge in [-0.05, 0) is 37.5 Å². The van der Waals surface area contributed by atoms with E-state index in [1.807, 2.05) is 25.1 Å². The number of benzene rings is 1. The molecular formula is C16H26N2O2. The first-order valence-corrected chi connectivity index (χ1v) is 7.19. The van der Waals surface area contributed by atoms with Gasteiger partial charge < -0.3 is 15.7 Å². The quantitative estimate of drug-likeness (QED) is 0.718. The van der Waals surface area contributed by atoms with Crippen LogP contribution in [0, 0.1) is 12.3 Å². The third kappa shape index (κ3) is 4.23. The van der Waals surface area contributed by atoms with Crippen LogP contribution < -0.4 is 10.6 Å². The minimum absolute atomic E-state index is 0.0772. The molecule has 0 saturated carbocycles. The zero-order valence-electron chi connectivity index (χ0n) is 12.9. The zero-order valence-corrected chi connectivity index (χ0v) is 12.9. The van der Waals surface area contributed by atoms with Gasteiger partial charge in [0.2, 0.25) is 5.91 Å². The largest absolute Gasteiger partial charge is 0.396 e. The normalized spacial score (nSPS) is 11.2. The molecule has 20 heavy (non-hydrogen) atoms. The van der Waals surface area contributed by atoms with Gasteiger partial charge in [0.1, 0.15) is 0 Å². The molecule has 1 aromatic carbocycles. The summed E-state index contributed by atoms with van der Waals surface area (Å²) in [6.45, 7) is 8.62. The number of carbonyl (C=O) groups excluding carboxylic acids is 1. The zero-order chi connectivity index (χ0) is 15.2. The molecule has 1 aromatic rings.